The fourth-order valence-electron chi connectivity index (χ4n) is 4.23. The highest BCUT2D eigenvalue weighted by atomic mass is 19.1. The molecule has 1 amide bonds. The van der Waals surface area contributed by atoms with Gasteiger partial charge in [0.25, 0.3) is 5.91 Å². The minimum Gasteiger partial charge on any atom is -0.368 e. The quantitative estimate of drug-likeness (QED) is 0.822. The maximum Gasteiger partial charge on any atom is 0.255 e. The van der Waals surface area contributed by atoms with Crippen LogP contribution in [0.1, 0.15) is 49.9 Å². The average molecular weight is 400 g/mol. The van der Waals surface area contributed by atoms with E-state index in [9.17, 15) is 13.6 Å². The summed E-state index contributed by atoms with van der Waals surface area (Å²) in [6.07, 6.45) is 6.78. The number of anilines is 1. The summed E-state index contributed by atoms with van der Waals surface area (Å²) in [5.74, 6) is -1.57. The molecule has 5 nitrogen and oxygen atoms in total. The van der Waals surface area contributed by atoms with Crippen LogP contribution in [0.3, 0.4) is 0 Å². The van der Waals surface area contributed by atoms with Gasteiger partial charge in [0.15, 0.2) is 0 Å². The van der Waals surface area contributed by atoms with Gasteiger partial charge in [0, 0.05) is 48.2 Å². The molecule has 4 rings (SSSR count). The maximum atomic E-state index is 13.9. The first-order valence-corrected chi connectivity index (χ1v) is 9.97. The summed E-state index contributed by atoms with van der Waals surface area (Å²) >= 11 is 0. The van der Waals surface area contributed by atoms with Gasteiger partial charge in [0.2, 0.25) is 0 Å². The summed E-state index contributed by atoms with van der Waals surface area (Å²) in [6.45, 7) is 5.18. The molecule has 0 unspecified atom stereocenters. The summed E-state index contributed by atoms with van der Waals surface area (Å²) in [7, 11) is 0. The Morgan fingerprint density at radius 1 is 1.14 bits per heavy atom. The van der Waals surface area contributed by atoms with Crippen molar-refractivity contribution in [3.05, 3.63) is 47.8 Å². The fraction of sp³-hybridized carbons (Fsp3) is 0.455. The third kappa shape index (κ3) is 3.96. The molecule has 2 aromatic rings. The van der Waals surface area contributed by atoms with E-state index in [2.05, 4.69) is 10.3 Å². The van der Waals surface area contributed by atoms with E-state index in [1.807, 2.05) is 18.7 Å². The average Bonchev–Trinajstić information content (AvgIpc) is 2.98. The van der Waals surface area contributed by atoms with Crippen molar-refractivity contribution in [3.63, 3.8) is 0 Å². The van der Waals surface area contributed by atoms with Gasteiger partial charge in [-0.3, -0.25) is 9.78 Å². The highest BCUT2D eigenvalue weighted by Crippen LogP contribution is 2.38. The monoisotopic (exact) mass is 400 g/mol. The first-order valence-electron chi connectivity index (χ1n) is 9.97. The molecule has 1 aromatic heterocycles. The Balaban J connectivity index is 1.81. The molecule has 0 radical (unpaired) electrons. The van der Waals surface area contributed by atoms with Crippen LogP contribution in [0.4, 0.5) is 14.5 Å². The summed E-state index contributed by atoms with van der Waals surface area (Å²) < 4.78 is 27.8. The second kappa shape index (κ2) is 7.06. The van der Waals surface area contributed by atoms with Crippen LogP contribution in [0.15, 0.2) is 30.6 Å². The van der Waals surface area contributed by atoms with E-state index >= 15 is 0 Å². The van der Waals surface area contributed by atoms with Gasteiger partial charge in [-0.15, -0.1) is 0 Å². The van der Waals surface area contributed by atoms with Crippen LogP contribution in [0.2, 0.25) is 0 Å². The lowest BCUT2D eigenvalue weighted by Crippen LogP contribution is -2.51. The summed E-state index contributed by atoms with van der Waals surface area (Å²) in [4.78, 5) is 19.4. The Morgan fingerprint density at radius 3 is 2.38 bits per heavy atom. The normalized spacial score (nSPS) is 23.0. The topological polar surface area (TPSA) is 71.2 Å². The molecular formula is C22H26F2N4O. The number of carbonyl (C=O) groups is 1. The van der Waals surface area contributed by atoms with E-state index in [0.29, 0.717) is 35.5 Å². The molecule has 0 bridgehead atoms. The van der Waals surface area contributed by atoms with Crippen LogP contribution in [0.5, 0.6) is 0 Å². The maximum absolute atomic E-state index is 13.9. The number of amides is 1. The lowest BCUT2D eigenvalue weighted by molar-refractivity contribution is 0.0850. The Bertz CT molecular complexity index is 936. The number of benzene rings is 1. The zero-order chi connectivity index (χ0) is 20.8. The third-order valence-corrected chi connectivity index (χ3v) is 6.03. The van der Waals surface area contributed by atoms with Gasteiger partial charge in [-0.05, 0) is 57.2 Å². The van der Waals surface area contributed by atoms with Crippen LogP contribution in [-0.4, -0.2) is 35.1 Å². The van der Waals surface area contributed by atoms with E-state index < -0.39 is 17.2 Å². The van der Waals surface area contributed by atoms with E-state index in [1.54, 1.807) is 6.20 Å². The number of aromatic nitrogens is 1. The molecular weight excluding hydrogens is 374 g/mol. The standard InChI is InChI=1S/C22H26F2N4O/c1-21(25)6-7-28(13-21)19-17(14-8-15(23)10-16(24)9-14)11-26-12-18(19)20(29)27-22(2)4-3-5-22/h8-12H,3-7,13,25H2,1-2H3,(H,27,29)/t21-/m0/s1. The highest BCUT2D eigenvalue weighted by Gasteiger charge is 2.37. The van der Waals surface area contributed by atoms with Gasteiger partial charge in [-0.25, -0.2) is 8.78 Å². The van der Waals surface area contributed by atoms with Crippen LogP contribution in [0, 0.1) is 11.6 Å². The smallest absolute Gasteiger partial charge is 0.255 e. The Labute approximate surface area is 169 Å². The van der Waals surface area contributed by atoms with Gasteiger partial charge in [-0.1, -0.05) is 0 Å². The van der Waals surface area contributed by atoms with Crippen molar-refractivity contribution in [2.75, 3.05) is 18.0 Å². The largest absolute Gasteiger partial charge is 0.368 e. The minimum atomic E-state index is -0.673. The molecule has 1 aromatic carbocycles. The van der Waals surface area contributed by atoms with Gasteiger partial charge in [0.1, 0.15) is 11.6 Å². The number of rotatable bonds is 4. The van der Waals surface area contributed by atoms with Crippen molar-refractivity contribution in [1.82, 2.24) is 10.3 Å². The van der Waals surface area contributed by atoms with E-state index in [-0.39, 0.29) is 11.4 Å². The van der Waals surface area contributed by atoms with Crippen LogP contribution >= 0.6 is 0 Å². The number of hydrogen-bond donors (Lipinski definition) is 2. The fourth-order valence-corrected chi connectivity index (χ4v) is 4.23. The van der Waals surface area contributed by atoms with E-state index in [4.69, 9.17) is 5.73 Å². The second-order valence-electron chi connectivity index (χ2n) is 8.94. The Hall–Kier alpha value is -2.54. The lowest BCUT2D eigenvalue weighted by Gasteiger charge is -2.39. The molecule has 1 atom stereocenters. The number of nitrogens with one attached hydrogen (secondary N) is 1. The van der Waals surface area contributed by atoms with Crippen LogP contribution in [-0.2, 0) is 0 Å². The van der Waals surface area contributed by atoms with E-state index in [0.717, 1.165) is 31.7 Å². The minimum absolute atomic E-state index is 0.220. The summed E-state index contributed by atoms with van der Waals surface area (Å²) in [5, 5.41) is 3.11. The summed E-state index contributed by atoms with van der Waals surface area (Å²) in [5.41, 5.74) is 7.60. The number of nitrogens with zero attached hydrogens (tertiary/aromatic N) is 2. The molecule has 29 heavy (non-hydrogen) atoms. The first kappa shape index (κ1) is 19.8. The van der Waals surface area contributed by atoms with E-state index in [1.165, 1.54) is 18.3 Å². The van der Waals surface area contributed by atoms with Crippen molar-refractivity contribution in [1.29, 1.82) is 0 Å². The molecule has 154 valence electrons. The SMILES string of the molecule is CC1(NC(=O)c2cncc(-c3cc(F)cc(F)c3)c2N2CC[C@](C)(N)C2)CCC1. The third-order valence-electron chi connectivity index (χ3n) is 6.03. The van der Waals surface area contributed by atoms with Crippen molar-refractivity contribution in [3.8, 4) is 11.1 Å². The molecule has 7 heteroatoms. The first-order chi connectivity index (χ1) is 13.7. The predicted molar refractivity (Wildman–Crippen MR) is 109 cm³/mol. The molecule has 1 saturated carbocycles. The van der Waals surface area contributed by atoms with Crippen LogP contribution < -0.4 is 16.0 Å². The zero-order valence-corrected chi connectivity index (χ0v) is 16.8. The highest BCUT2D eigenvalue weighted by molar-refractivity contribution is 6.03. The molecule has 1 aliphatic carbocycles. The molecule has 0 spiro atoms. The molecule has 3 N–H and O–H groups in total. The molecule has 2 fully saturated rings. The Kier molecular flexibility index (Phi) is 4.81. The molecule has 2 heterocycles. The van der Waals surface area contributed by atoms with Gasteiger partial charge in [-0.2, -0.15) is 0 Å². The Morgan fingerprint density at radius 2 is 1.83 bits per heavy atom. The van der Waals surface area contributed by atoms with Gasteiger partial charge >= 0.3 is 0 Å². The number of pyridine rings is 1. The van der Waals surface area contributed by atoms with Crippen LogP contribution in [0.25, 0.3) is 11.1 Å². The molecule has 1 saturated heterocycles. The van der Waals surface area contributed by atoms with Crippen molar-refractivity contribution >= 4 is 11.6 Å². The lowest BCUT2D eigenvalue weighted by atomic mass is 9.78. The number of nitrogens with two attached hydrogens (primary N) is 1. The molecule has 2 aliphatic rings. The van der Waals surface area contributed by atoms with Crippen molar-refractivity contribution in [2.24, 2.45) is 5.73 Å². The zero-order valence-electron chi connectivity index (χ0n) is 16.8. The predicted octanol–water partition coefficient (Wildman–Crippen LogP) is 3.63. The van der Waals surface area contributed by atoms with Crippen molar-refractivity contribution < 1.29 is 13.6 Å². The number of halogens is 2. The van der Waals surface area contributed by atoms with Gasteiger partial charge < -0.3 is 16.0 Å². The van der Waals surface area contributed by atoms with Gasteiger partial charge in [0.05, 0.1) is 11.3 Å². The number of carbonyl (C=O) groups excluding carboxylic acids is 1. The number of hydrogen-bond acceptors (Lipinski definition) is 4. The van der Waals surface area contributed by atoms with Crippen molar-refractivity contribution in [2.45, 2.75) is 50.6 Å². The second-order valence-corrected chi connectivity index (χ2v) is 8.94. The summed E-state index contributed by atoms with van der Waals surface area (Å²) in [6, 6.07) is 3.35. The molecule has 1 aliphatic heterocycles.